The van der Waals surface area contributed by atoms with Crippen molar-refractivity contribution in [1.82, 2.24) is 21.3 Å². The molecule has 16 heteroatoms. The fraction of sp³-hybridized carbons (Fsp3) is 0.344. The summed E-state index contributed by atoms with van der Waals surface area (Å²) in [6, 6.07) is 2.98. The molecule has 6 bridgehead atoms. The van der Waals surface area contributed by atoms with Gasteiger partial charge in [0.15, 0.2) is 5.60 Å². The van der Waals surface area contributed by atoms with Gasteiger partial charge in [0.05, 0.1) is 12.1 Å². The van der Waals surface area contributed by atoms with E-state index in [2.05, 4.69) is 33.2 Å². The molecule has 16 nitrogen and oxygen atoms in total. The summed E-state index contributed by atoms with van der Waals surface area (Å²) in [5.74, 6) is -8.49. The third-order valence-electron chi connectivity index (χ3n) is 8.00. The molecule has 48 heavy (non-hydrogen) atoms. The number of carbonyl (C=O) groups is 7. The number of nitrogens with one attached hydrogen (secondary N) is 5. The number of para-hydroxylation sites is 1. The van der Waals surface area contributed by atoms with E-state index in [4.69, 9.17) is 5.73 Å². The van der Waals surface area contributed by atoms with Gasteiger partial charge in [0.2, 0.25) is 29.4 Å². The van der Waals surface area contributed by atoms with Crippen molar-refractivity contribution < 1.29 is 48.9 Å². The Labute approximate surface area is 274 Å². The largest absolute Gasteiger partial charge is 0.507 e. The minimum Gasteiger partial charge on any atom is -0.507 e. The third kappa shape index (κ3) is 6.89. The van der Waals surface area contributed by atoms with Gasteiger partial charge in [-0.3, -0.25) is 33.6 Å². The number of hydrogen-bond acceptors (Lipinski definition) is 10. The minimum absolute atomic E-state index is 0.0306. The summed E-state index contributed by atoms with van der Waals surface area (Å²) < 4.78 is 0. The summed E-state index contributed by atoms with van der Waals surface area (Å²) in [7, 11) is 0. The molecule has 4 rings (SSSR count). The van der Waals surface area contributed by atoms with E-state index >= 15 is 0 Å². The fourth-order valence-electron chi connectivity index (χ4n) is 5.46. The molecular weight excluding hydrogens is 628 g/mol. The van der Waals surface area contributed by atoms with Crippen LogP contribution in [0.15, 0.2) is 49.1 Å². The van der Waals surface area contributed by atoms with Gasteiger partial charge in [-0.1, -0.05) is 44.2 Å². The van der Waals surface area contributed by atoms with Crippen molar-refractivity contribution in [2.45, 2.75) is 56.5 Å². The zero-order valence-corrected chi connectivity index (χ0v) is 26.0. The molecular formula is C32H36N6O10. The molecule has 0 fully saturated rings. The Morgan fingerprint density at radius 1 is 1.08 bits per heavy atom. The lowest BCUT2D eigenvalue weighted by molar-refractivity contribution is -0.155. The number of benzene rings is 2. The molecule has 0 unspecified atom stereocenters. The van der Waals surface area contributed by atoms with Crippen molar-refractivity contribution in [2.75, 3.05) is 11.9 Å². The molecule has 6 amide bonds. The summed E-state index contributed by atoms with van der Waals surface area (Å²) in [4.78, 5) is 91.2. The van der Waals surface area contributed by atoms with Crippen LogP contribution in [-0.2, 0) is 45.6 Å². The van der Waals surface area contributed by atoms with Gasteiger partial charge >= 0.3 is 0 Å². The molecule has 2 aromatic rings. The van der Waals surface area contributed by atoms with Crippen molar-refractivity contribution in [3.05, 3.63) is 60.2 Å². The number of aliphatic hydroxyl groups is 2. The van der Waals surface area contributed by atoms with E-state index < -0.39 is 83.4 Å². The number of aliphatic hydroxyl groups excluding tert-OH is 1. The molecule has 5 atom stereocenters. The Morgan fingerprint density at radius 3 is 2.44 bits per heavy atom. The summed E-state index contributed by atoms with van der Waals surface area (Å²) in [6.07, 6.45) is -2.19. The number of rotatable bonds is 8. The molecule has 0 radical (unpaired) electrons. The molecule has 254 valence electrons. The number of carbonyl (C=O) groups excluding carboxylic acids is 7. The molecule has 2 heterocycles. The number of Topliss-reactive ketones (excluding diaryl/α,β-unsaturated/α-hetero) is 1. The number of phenolic OH excluding ortho intramolecular Hbond substituents is 1. The number of amides is 6. The number of phenols is 1. The number of primary amides is 1. The van der Waals surface area contributed by atoms with E-state index in [1.165, 1.54) is 56.3 Å². The first-order valence-corrected chi connectivity index (χ1v) is 14.9. The Bertz CT molecular complexity index is 1710. The van der Waals surface area contributed by atoms with E-state index in [9.17, 15) is 48.9 Å². The van der Waals surface area contributed by atoms with Crippen LogP contribution in [0.1, 0.15) is 31.4 Å². The molecule has 10 N–H and O–H groups in total. The van der Waals surface area contributed by atoms with E-state index in [1.807, 2.05) is 0 Å². The van der Waals surface area contributed by atoms with Gasteiger partial charge in [-0.05, 0) is 17.7 Å². The lowest BCUT2D eigenvalue weighted by atomic mass is 9.83. The van der Waals surface area contributed by atoms with Gasteiger partial charge < -0.3 is 47.6 Å². The number of aromatic hydroxyl groups is 1. The first kappa shape index (κ1) is 35.2. The predicted molar refractivity (Wildman–Crippen MR) is 168 cm³/mol. The monoisotopic (exact) mass is 664 g/mol. The highest BCUT2D eigenvalue weighted by atomic mass is 16.4. The van der Waals surface area contributed by atoms with Crippen LogP contribution in [-0.4, -0.2) is 87.3 Å². The zero-order chi connectivity index (χ0) is 35.5. The average molecular weight is 665 g/mol. The highest BCUT2D eigenvalue weighted by molar-refractivity contribution is 6.37. The van der Waals surface area contributed by atoms with Crippen LogP contribution in [0.25, 0.3) is 11.1 Å². The van der Waals surface area contributed by atoms with Crippen LogP contribution in [0.2, 0.25) is 0 Å². The maximum Gasteiger partial charge on any atom is 0.288 e. The quantitative estimate of drug-likeness (QED) is 0.110. The van der Waals surface area contributed by atoms with Crippen molar-refractivity contribution in [2.24, 2.45) is 11.7 Å². The first-order valence-electron chi connectivity index (χ1n) is 14.9. The van der Waals surface area contributed by atoms with Crippen LogP contribution in [0.4, 0.5) is 5.69 Å². The lowest BCUT2D eigenvalue weighted by Gasteiger charge is -2.33. The van der Waals surface area contributed by atoms with E-state index in [-0.39, 0.29) is 41.1 Å². The van der Waals surface area contributed by atoms with Crippen LogP contribution >= 0.6 is 0 Å². The maximum absolute atomic E-state index is 13.7. The van der Waals surface area contributed by atoms with Crippen molar-refractivity contribution in [3.63, 3.8) is 0 Å². The van der Waals surface area contributed by atoms with Crippen LogP contribution in [0.5, 0.6) is 5.75 Å². The number of anilines is 1. The lowest BCUT2D eigenvalue weighted by Crippen LogP contribution is -2.64. The summed E-state index contributed by atoms with van der Waals surface area (Å²) in [6.45, 7) is 6.29. The fourth-order valence-corrected chi connectivity index (χ4v) is 5.46. The molecule has 2 aliphatic heterocycles. The smallest absolute Gasteiger partial charge is 0.288 e. The molecule has 0 aromatic heterocycles. The Kier molecular flexibility index (Phi) is 10.3. The Hall–Kier alpha value is -5.61. The van der Waals surface area contributed by atoms with Crippen molar-refractivity contribution in [1.29, 1.82) is 0 Å². The van der Waals surface area contributed by atoms with Gasteiger partial charge in [0.25, 0.3) is 11.8 Å². The van der Waals surface area contributed by atoms with Gasteiger partial charge in [-0.25, -0.2) is 0 Å². The van der Waals surface area contributed by atoms with E-state index in [1.54, 1.807) is 0 Å². The van der Waals surface area contributed by atoms with Gasteiger partial charge in [-0.2, -0.15) is 0 Å². The van der Waals surface area contributed by atoms with Gasteiger partial charge in [-0.15, -0.1) is 6.58 Å². The predicted octanol–water partition coefficient (Wildman–Crippen LogP) is -2.03. The van der Waals surface area contributed by atoms with Crippen LogP contribution < -0.4 is 32.3 Å². The Morgan fingerprint density at radius 2 is 1.79 bits per heavy atom. The molecule has 2 aromatic carbocycles. The van der Waals surface area contributed by atoms with Crippen molar-refractivity contribution in [3.8, 4) is 16.9 Å². The second-order valence-electron chi connectivity index (χ2n) is 11.7. The normalized spacial score (nSPS) is 23.7. The van der Waals surface area contributed by atoms with E-state index in [0.29, 0.717) is 5.56 Å². The molecule has 2 aliphatic rings. The number of nitrogens with two attached hydrogens (primary N) is 1. The van der Waals surface area contributed by atoms with Crippen molar-refractivity contribution >= 4 is 46.9 Å². The summed E-state index contributed by atoms with van der Waals surface area (Å²) in [5.41, 5.74) is 2.91. The van der Waals surface area contributed by atoms with Gasteiger partial charge in [0, 0.05) is 35.6 Å². The molecule has 0 spiro atoms. The highest BCUT2D eigenvalue weighted by Gasteiger charge is 2.56. The second-order valence-corrected chi connectivity index (χ2v) is 11.7. The highest BCUT2D eigenvalue weighted by Crippen LogP contribution is 2.46. The van der Waals surface area contributed by atoms with Crippen LogP contribution in [0, 0.1) is 5.92 Å². The summed E-state index contributed by atoms with van der Waals surface area (Å²) >= 11 is 0. The summed E-state index contributed by atoms with van der Waals surface area (Å²) in [5, 5.41) is 45.9. The SMILES string of the molecule is C=CCNC(=O)[C@H]1NC(=O)[C@H](CC(N)=O)NC(=O)[C@@H](NC(=O)C(=O)C(C)C)Cc2ccc(O)c(c2)-c2cccc3c2NC(=O)[C@@]3(O)[C@@H]1O. The average Bonchev–Trinajstić information content (AvgIpc) is 3.31. The zero-order valence-electron chi connectivity index (χ0n) is 26.0. The van der Waals surface area contributed by atoms with E-state index in [0.717, 1.165) is 0 Å². The maximum atomic E-state index is 13.7. The second kappa shape index (κ2) is 14.0. The third-order valence-corrected chi connectivity index (χ3v) is 8.00. The van der Waals surface area contributed by atoms with Gasteiger partial charge in [0.1, 0.15) is 30.0 Å². The number of hydrogen-bond donors (Lipinski definition) is 9. The standard InChI is InChI=1S/C32H36N6O10/c1-4-10-34-29(45)24-26(42)32(48)18-7-5-6-16(23(18)38-31(32)47)17-11-15(8-9-21(17)39)12-19(36-30(46)25(41)14(2)3)27(43)35-20(13-22(33)40)28(44)37-24/h4-9,11,14,19-20,24,26,39,42,48H,1,10,12-13H2,2-3H3,(H2,33,40)(H,34,45)(H,35,43)(H,36,46)(H,37,44)(H,38,47)/t19-,20-,24-,26+,32-/m0/s1. The molecule has 0 saturated heterocycles. The minimum atomic E-state index is -2.83. The molecule has 0 saturated carbocycles. The van der Waals surface area contributed by atoms with Crippen LogP contribution in [0.3, 0.4) is 0 Å². The topological polar surface area (TPSA) is 266 Å². The number of fused-ring (bicyclic) bond motifs is 3. The first-order chi connectivity index (χ1) is 22.6. The molecule has 0 aliphatic carbocycles. The number of ketones is 1. The Balaban J connectivity index is 1.94.